The number of carbonyl (C=O) groups is 1. The summed E-state index contributed by atoms with van der Waals surface area (Å²) in [5.41, 5.74) is 6.59. The zero-order chi connectivity index (χ0) is 13.1. The molecule has 0 aliphatic carbocycles. The number of nitrogens with one attached hydrogen (secondary N) is 1. The molecule has 0 fully saturated rings. The maximum absolute atomic E-state index is 12.0. The Balaban J connectivity index is 2.10. The molecule has 0 aliphatic rings. The summed E-state index contributed by atoms with van der Waals surface area (Å²) in [6, 6.07) is 8.81. The van der Waals surface area contributed by atoms with Gasteiger partial charge in [-0.1, -0.05) is 17.7 Å². The molecule has 0 saturated heterocycles. The molecular formula is C13H13ClN2OS. The summed E-state index contributed by atoms with van der Waals surface area (Å²) in [6.07, 6.45) is 0. The smallest absolute Gasteiger partial charge is 0.251 e. The minimum Gasteiger partial charge on any atom is -0.398 e. The molecule has 3 nitrogen and oxygen atoms in total. The van der Waals surface area contributed by atoms with Crippen LogP contribution in [0.3, 0.4) is 0 Å². The van der Waals surface area contributed by atoms with E-state index in [2.05, 4.69) is 5.32 Å². The van der Waals surface area contributed by atoms with Gasteiger partial charge in [-0.05, 0) is 36.6 Å². The molecule has 1 atom stereocenters. The number of amides is 1. The maximum atomic E-state index is 12.0. The summed E-state index contributed by atoms with van der Waals surface area (Å²) in [5.74, 6) is -0.155. The van der Waals surface area contributed by atoms with Crippen LogP contribution in [0.1, 0.15) is 28.2 Å². The Labute approximate surface area is 115 Å². The van der Waals surface area contributed by atoms with Crippen molar-refractivity contribution in [2.24, 2.45) is 0 Å². The van der Waals surface area contributed by atoms with Gasteiger partial charge in [0.2, 0.25) is 0 Å². The molecule has 1 aromatic heterocycles. The normalized spacial score (nSPS) is 12.1. The topological polar surface area (TPSA) is 55.1 Å². The van der Waals surface area contributed by atoms with Gasteiger partial charge in [0.15, 0.2) is 0 Å². The Morgan fingerprint density at radius 3 is 2.83 bits per heavy atom. The average Bonchev–Trinajstić information content (AvgIpc) is 2.86. The first-order chi connectivity index (χ1) is 8.58. The first kappa shape index (κ1) is 12.9. The molecule has 0 saturated carbocycles. The summed E-state index contributed by atoms with van der Waals surface area (Å²) in [5, 5.41) is 5.30. The SMILES string of the molecule is C[C@H](NC(=O)c1ccc(N)c(Cl)c1)c1cccs1. The van der Waals surface area contributed by atoms with Crippen LogP contribution in [0.15, 0.2) is 35.7 Å². The quantitative estimate of drug-likeness (QED) is 0.846. The van der Waals surface area contributed by atoms with Crippen LogP contribution in [0.2, 0.25) is 5.02 Å². The Morgan fingerprint density at radius 1 is 1.44 bits per heavy atom. The van der Waals surface area contributed by atoms with Crippen molar-refractivity contribution in [3.05, 3.63) is 51.2 Å². The lowest BCUT2D eigenvalue weighted by Gasteiger charge is -2.12. The number of halogens is 1. The second kappa shape index (κ2) is 5.42. The molecular weight excluding hydrogens is 268 g/mol. The van der Waals surface area contributed by atoms with E-state index in [4.69, 9.17) is 17.3 Å². The summed E-state index contributed by atoms with van der Waals surface area (Å²) < 4.78 is 0. The monoisotopic (exact) mass is 280 g/mol. The molecule has 94 valence electrons. The van der Waals surface area contributed by atoms with Gasteiger partial charge in [0.1, 0.15) is 0 Å². The molecule has 0 unspecified atom stereocenters. The van der Waals surface area contributed by atoms with Gasteiger partial charge >= 0.3 is 0 Å². The molecule has 1 aromatic carbocycles. The lowest BCUT2D eigenvalue weighted by Crippen LogP contribution is -2.26. The highest BCUT2D eigenvalue weighted by molar-refractivity contribution is 7.10. The van der Waals surface area contributed by atoms with Crippen LogP contribution in [0.5, 0.6) is 0 Å². The third-order valence-electron chi connectivity index (χ3n) is 2.58. The number of nitrogens with two attached hydrogens (primary N) is 1. The van der Waals surface area contributed by atoms with E-state index < -0.39 is 0 Å². The van der Waals surface area contributed by atoms with Gasteiger partial charge < -0.3 is 11.1 Å². The first-order valence-corrected chi connectivity index (χ1v) is 6.73. The third kappa shape index (κ3) is 2.83. The van der Waals surface area contributed by atoms with Gasteiger partial charge in [-0.3, -0.25) is 4.79 Å². The first-order valence-electron chi connectivity index (χ1n) is 5.47. The van der Waals surface area contributed by atoms with Gasteiger partial charge in [-0.15, -0.1) is 11.3 Å². The van der Waals surface area contributed by atoms with E-state index in [1.54, 1.807) is 29.5 Å². The van der Waals surface area contributed by atoms with E-state index in [0.717, 1.165) is 4.88 Å². The van der Waals surface area contributed by atoms with Gasteiger partial charge in [0.25, 0.3) is 5.91 Å². The zero-order valence-electron chi connectivity index (χ0n) is 9.81. The molecule has 1 heterocycles. The predicted molar refractivity (Wildman–Crippen MR) is 76.1 cm³/mol. The fraction of sp³-hybridized carbons (Fsp3) is 0.154. The standard InChI is InChI=1S/C13H13ClN2OS/c1-8(12-3-2-6-18-12)16-13(17)9-4-5-11(15)10(14)7-9/h2-8H,15H2,1H3,(H,16,17)/t8-/m0/s1. The van der Waals surface area contributed by atoms with Crippen molar-refractivity contribution in [2.45, 2.75) is 13.0 Å². The lowest BCUT2D eigenvalue weighted by atomic mass is 10.1. The number of hydrogen-bond acceptors (Lipinski definition) is 3. The van der Waals surface area contributed by atoms with E-state index in [0.29, 0.717) is 16.3 Å². The van der Waals surface area contributed by atoms with E-state index in [1.165, 1.54) is 0 Å². The highest BCUT2D eigenvalue weighted by Crippen LogP contribution is 2.21. The highest BCUT2D eigenvalue weighted by Gasteiger charge is 2.12. The average molecular weight is 281 g/mol. The molecule has 0 bridgehead atoms. The summed E-state index contributed by atoms with van der Waals surface area (Å²) >= 11 is 7.50. The molecule has 0 spiro atoms. The highest BCUT2D eigenvalue weighted by atomic mass is 35.5. The Kier molecular flexibility index (Phi) is 3.89. The third-order valence-corrected chi connectivity index (χ3v) is 3.96. The van der Waals surface area contributed by atoms with Crippen LogP contribution in [0, 0.1) is 0 Å². The van der Waals surface area contributed by atoms with Crippen molar-refractivity contribution in [1.82, 2.24) is 5.32 Å². The summed E-state index contributed by atoms with van der Waals surface area (Å²) in [4.78, 5) is 13.1. The predicted octanol–water partition coefficient (Wildman–Crippen LogP) is 3.47. The number of anilines is 1. The second-order valence-electron chi connectivity index (χ2n) is 3.95. The fourth-order valence-corrected chi connectivity index (χ4v) is 2.47. The Morgan fingerprint density at radius 2 is 2.22 bits per heavy atom. The van der Waals surface area contributed by atoms with Crippen LogP contribution in [-0.4, -0.2) is 5.91 Å². The number of thiophene rings is 1. The van der Waals surface area contributed by atoms with Crippen molar-refractivity contribution in [3.63, 3.8) is 0 Å². The van der Waals surface area contributed by atoms with Crippen LogP contribution in [0.4, 0.5) is 5.69 Å². The molecule has 3 N–H and O–H groups in total. The van der Waals surface area contributed by atoms with Gasteiger partial charge in [-0.25, -0.2) is 0 Å². The van der Waals surface area contributed by atoms with Gasteiger partial charge in [-0.2, -0.15) is 0 Å². The number of rotatable bonds is 3. The number of benzene rings is 1. The van der Waals surface area contributed by atoms with Crippen molar-refractivity contribution in [3.8, 4) is 0 Å². The van der Waals surface area contributed by atoms with Crippen LogP contribution in [-0.2, 0) is 0 Å². The number of nitrogen functional groups attached to an aromatic ring is 1. The van der Waals surface area contributed by atoms with Crippen LogP contribution < -0.4 is 11.1 Å². The summed E-state index contributed by atoms with van der Waals surface area (Å²) in [7, 11) is 0. The van der Waals surface area contributed by atoms with E-state index in [9.17, 15) is 4.79 Å². The molecule has 2 rings (SSSR count). The largest absolute Gasteiger partial charge is 0.398 e. The maximum Gasteiger partial charge on any atom is 0.251 e. The van der Waals surface area contributed by atoms with Crippen LogP contribution >= 0.6 is 22.9 Å². The molecule has 5 heteroatoms. The minimum atomic E-state index is -0.155. The Hall–Kier alpha value is -1.52. The molecule has 2 aromatic rings. The van der Waals surface area contributed by atoms with E-state index >= 15 is 0 Å². The second-order valence-corrected chi connectivity index (χ2v) is 5.33. The van der Waals surface area contributed by atoms with Crippen molar-refractivity contribution in [2.75, 3.05) is 5.73 Å². The lowest BCUT2D eigenvalue weighted by molar-refractivity contribution is 0.0940. The van der Waals surface area contributed by atoms with E-state index in [1.807, 2.05) is 24.4 Å². The van der Waals surface area contributed by atoms with Crippen molar-refractivity contribution < 1.29 is 4.79 Å². The minimum absolute atomic E-state index is 0.0196. The number of carbonyl (C=O) groups excluding carboxylic acids is 1. The van der Waals surface area contributed by atoms with E-state index in [-0.39, 0.29) is 11.9 Å². The molecule has 0 radical (unpaired) electrons. The van der Waals surface area contributed by atoms with Gasteiger partial charge in [0.05, 0.1) is 16.8 Å². The molecule has 0 aliphatic heterocycles. The zero-order valence-corrected chi connectivity index (χ0v) is 11.4. The van der Waals surface area contributed by atoms with Crippen molar-refractivity contribution >= 4 is 34.5 Å². The molecule has 1 amide bonds. The summed E-state index contributed by atoms with van der Waals surface area (Å²) in [6.45, 7) is 1.95. The van der Waals surface area contributed by atoms with Crippen LogP contribution in [0.25, 0.3) is 0 Å². The molecule has 18 heavy (non-hydrogen) atoms. The Bertz CT molecular complexity index is 554. The number of hydrogen-bond donors (Lipinski definition) is 2. The van der Waals surface area contributed by atoms with Crippen molar-refractivity contribution in [1.29, 1.82) is 0 Å². The van der Waals surface area contributed by atoms with Gasteiger partial charge in [0, 0.05) is 10.4 Å². The fourth-order valence-electron chi connectivity index (χ4n) is 1.56.